The van der Waals surface area contributed by atoms with Gasteiger partial charge in [0, 0.05) is 19.6 Å². The molecule has 0 radical (unpaired) electrons. The molecule has 0 aromatic heterocycles. The highest BCUT2D eigenvalue weighted by molar-refractivity contribution is 5.69. The van der Waals surface area contributed by atoms with Crippen LogP contribution in [0.25, 0.3) is 0 Å². The minimum atomic E-state index is -0.107. The fourth-order valence-corrected chi connectivity index (χ4v) is 6.22. The predicted octanol–water partition coefficient (Wildman–Crippen LogP) is 12.6. The maximum absolute atomic E-state index is 11.9. The number of nitrogens with zero attached hydrogens (tertiary/aromatic N) is 1. The van der Waals surface area contributed by atoms with Gasteiger partial charge in [0.1, 0.15) is 0 Å². The maximum Gasteiger partial charge on any atom is 0.310 e. The van der Waals surface area contributed by atoms with Crippen LogP contribution in [0.1, 0.15) is 207 Å². The number of carbonyl (C=O) groups is 1. The summed E-state index contributed by atoms with van der Waals surface area (Å²) in [6.07, 6.45) is 42.2. The summed E-state index contributed by atoms with van der Waals surface area (Å²) < 4.78 is 17.6. The van der Waals surface area contributed by atoms with Crippen LogP contribution in [0.15, 0.2) is 24.5 Å². The summed E-state index contributed by atoms with van der Waals surface area (Å²) in [4.78, 5) is 14.4. The average Bonchev–Trinajstić information content (AvgIpc) is 3.12. The van der Waals surface area contributed by atoms with Crippen molar-refractivity contribution >= 4 is 5.97 Å². The van der Waals surface area contributed by atoms with Gasteiger partial charge < -0.3 is 24.2 Å². The van der Waals surface area contributed by atoms with Gasteiger partial charge in [-0.2, -0.15) is 0 Å². The summed E-state index contributed by atoms with van der Waals surface area (Å²) >= 11 is 0. The second-order valence-electron chi connectivity index (χ2n) is 14.4. The number of hydrogen-bond acceptors (Lipinski definition) is 6. The Labute approximate surface area is 311 Å². The van der Waals surface area contributed by atoms with E-state index in [1.807, 2.05) is 6.08 Å². The summed E-state index contributed by atoms with van der Waals surface area (Å²) in [5.41, 5.74) is 0. The highest BCUT2D eigenvalue weighted by atomic mass is 16.7. The average molecular weight is 708 g/mol. The van der Waals surface area contributed by atoms with E-state index in [1.165, 1.54) is 128 Å². The molecule has 0 aliphatic rings. The molecule has 0 saturated carbocycles. The molecule has 0 aromatic rings. The normalized spacial score (nSPS) is 12.6. The number of hydrogen-bond donors (Lipinski definition) is 1. The number of aliphatic hydroxyl groups is 1. The smallest absolute Gasteiger partial charge is 0.310 e. The molecule has 1 unspecified atom stereocenters. The van der Waals surface area contributed by atoms with Crippen molar-refractivity contribution in [1.82, 2.24) is 4.90 Å². The zero-order valence-electron chi connectivity index (χ0n) is 33.7. The lowest BCUT2D eigenvalue weighted by Gasteiger charge is -2.21. The van der Waals surface area contributed by atoms with Gasteiger partial charge in [0.25, 0.3) is 0 Å². The van der Waals surface area contributed by atoms with E-state index in [-0.39, 0.29) is 18.9 Å². The fourth-order valence-electron chi connectivity index (χ4n) is 6.22. The van der Waals surface area contributed by atoms with Crippen LogP contribution in [0.5, 0.6) is 0 Å². The molecular formula is C44H85NO5. The molecule has 6 heteroatoms. The molecule has 1 N–H and O–H groups in total. The van der Waals surface area contributed by atoms with Gasteiger partial charge in [-0.25, -0.2) is 0 Å². The second kappa shape index (κ2) is 42.2. The van der Waals surface area contributed by atoms with Gasteiger partial charge in [-0.05, 0) is 83.4 Å². The molecule has 0 aliphatic carbocycles. The molecule has 0 aromatic carbocycles. The lowest BCUT2D eigenvalue weighted by Crippen LogP contribution is -2.29. The molecule has 0 saturated heterocycles. The van der Waals surface area contributed by atoms with Crippen LogP contribution in [0.3, 0.4) is 0 Å². The lowest BCUT2D eigenvalue weighted by atomic mass is 10.1. The van der Waals surface area contributed by atoms with E-state index in [1.54, 1.807) is 6.26 Å². The Hall–Kier alpha value is -1.21. The van der Waals surface area contributed by atoms with Crippen LogP contribution in [-0.4, -0.2) is 61.7 Å². The largest absolute Gasteiger partial charge is 0.435 e. The van der Waals surface area contributed by atoms with Crippen LogP contribution >= 0.6 is 0 Å². The van der Waals surface area contributed by atoms with E-state index >= 15 is 0 Å². The fraction of sp³-hybridized carbons (Fsp3) is 0.886. The lowest BCUT2D eigenvalue weighted by molar-refractivity contribution is -0.146. The third-order valence-electron chi connectivity index (χ3n) is 9.49. The van der Waals surface area contributed by atoms with Crippen molar-refractivity contribution < 1.29 is 24.1 Å². The Morgan fingerprint density at radius 3 is 1.72 bits per heavy atom. The van der Waals surface area contributed by atoms with Crippen LogP contribution in [0.4, 0.5) is 0 Å². The van der Waals surface area contributed by atoms with Crippen molar-refractivity contribution in [2.24, 2.45) is 0 Å². The molecule has 0 spiro atoms. The van der Waals surface area contributed by atoms with Crippen molar-refractivity contribution in [3.8, 4) is 0 Å². The van der Waals surface area contributed by atoms with Gasteiger partial charge in [0.15, 0.2) is 6.29 Å². The molecule has 1 atom stereocenters. The minimum Gasteiger partial charge on any atom is -0.435 e. The van der Waals surface area contributed by atoms with Gasteiger partial charge in [-0.1, -0.05) is 148 Å². The minimum absolute atomic E-state index is 0.0554. The van der Waals surface area contributed by atoms with E-state index in [0.717, 1.165) is 84.2 Å². The monoisotopic (exact) mass is 708 g/mol. The highest BCUT2D eigenvalue weighted by Gasteiger charge is 2.10. The van der Waals surface area contributed by atoms with Crippen LogP contribution < -0.4 is 0 Å². The summed E-state index contributed by atoms with van der Waals surface area (Å²) in [6.45, 7) is 11.4. The molecule has 296 valence electrons. The van der Waals surface area contributed by atoms with E-state index < -0.39 is 0 Å². The SMILES string of the molecule is CCCC/C=C/CCOC(CCCCCCCCN(CCO)CCCCCCCC(=O)O/C=C/CCCCCCC)OCCCCCCCC. The van der Waals surface area contributed by atoms with Crippen molar-refractivity contribution in [3.63, 3.8) is 0 Å². The zero-order chi connectivity index (χ0) is 36.4. The molecular weight excluding hydrogens is 622 g/mol. The van der Waals surface area contributed by atoms with E-state index in [2.05, 4.69) is 37.8 Å². The van der Waals surface area contributed by atoms with Gasteiger partial charge in [0.2, 0.25) is 0 Å². The second-order valence-corrected chi connectivity index (χ2v) is 14.4. The van der Waals surface area contributed by atoms with E-state index in [4.69, 9.17) is 14.2 Å². The third-order valence-corrected chi connectivity index (χ3v) is 9.49. The Morgan fingerprint density at radius 1 is 0.540 bits per heavy atom. The molecule has 0 bridgehead atoms. The van der Waals surface area contributed by atoms with Crippen LogP contribution in [0, 0.1) is 0 Å². The quantitative estimate of drug-likeness (QED) is 0.0224. The summed E-state index contributed by atoms with van der Waals surface area (Å²) in [6, 6.07) is 0. The number of rotatable bonds is 41. The number of aliphatic hydroxyl groups excluding tert-OH is 1. The van der Waals surface area contributed by atoms with Gasteiger partial charge >= 0.3 is 5.97 Å². The highest BCUT2D eigenvalue weighted by Crippen LogP contribution is 2.15. The third kappa shape index (κ3) is 38.0. The predicted molar refractivity (Wildman–Crippen MR) is 215 cm³/mol. The molecule has 0 heterocycles. The van der Waals surface area contributed by atoms with E-state index in [9.17, 15) is 9.90 Å². The van der Waals surface area contributed by atoms with Crippen molar-refractivity contribution in [1.29, 1.82) is 0 Å². The standard InChI is InChI=1S/C44H85NO5/c1-4-7-10-13-18-26-31-40-48-43(47)34-27-20-19-23-30-37-45(38-39-46)36-29-22-17-16-21-28-35-44(49-41-32-24-14-11-8-5-2)50-42-33-25-15-12-9-6-3/h14,24,31,40,44,46H,4-13,15-23,25-30,32-39,41-42H2,1-3H3/b24-14+,40-31+. The number of unbranched alkanes of at least 4 members (excludes halogenated alkanes) is 21. The Balaban J connectivity index is 3.96. The summed E-state index contributed by atoms with van der Waals surface area (Å²) in [7, 11) is 0. The number of carbonyl (C=O) groups excluding carboxylic acids is 1. The van der Waals surface area contributed by atoms with Crippen molar-refractivity contribution in [3.05, 3.63) is 24.5 Å². The molecule has 0 rings (SSSR count). The van der Waals surface area contributed by atoms with Gasteiger partial charge in [0.05, 0.1) is 19.5 Å². The maximum atomic E-state index is 11.9. The van der Waals surface area contributed by atoms with E-state index in [0.29, 0.717) is 6.42 Å². The zero-order valence-corrected chi connectivity index (χ0v) is 33.7. The Bertz CT molecular complexity index is 727. The first-order valence-electron chi connectivity index (χ1n) is 21.7. The van der Waals surface area contributed by atoms with Crippen LogP contribution in [0.2, 0.25) is 0 Å². The molecule has 50 heavy (non-hydrogen) atoms. The van der Waals surface area contributed by atoms with Crippen LogP contribution in [-0.2, 0) is 19.0 Å². The summed E-state index contributed by atoms with van der Waals surface area (Å²) in [5.74, 6) is -0.107. The van der Waals surface area contributed by atoms with Crippen molar-refractivity contribution in [2.75, 3.05) is 39.5 Å². The molecule has 0 fully saturated rings. The van der Waals surface area contributed by atoms with Crippen molar-refractivity contribution in [2.45, 2.75) is 213 Å². The van der Waals surface area contributed by atoms with Gasteiger partial charge in [-0.15, -0.1) is 0 Å². The first-order valence-corrected chi connectivity index (χ1v) is 21.7. The Kier molecular flexibility index (Phi) is 41.2. The Morgan fingerprint density at radius 2 is 1.06 bits per heavy atom. The number of esters is 1. The molecule has 0 aliphatic heterocycles. The molecule has 0 amide bonds. The number of ether oxygens (including phenoxy) is 3. The topological polar surface area (TPSA) is 68.2 Å². The number of allylic oxidation sites excluding steroid dienone is 2. The summed E-state index contributed by atoms with van der Waals surface area (Å²) in [5, 5.41) is 9.55. The van der Waals surface area contributed by atoms with Gasteiger partial charge in [-0.3, -0.25) is 4.79 Å². The first kappa shape index (κ1) is 48.8. The first-order chi connectivity index (χ1) is 24.7. The molecule has 6 nitrogen and oxygen atoms in total.